The number of rotatable bonds is 2. The van der Waals surface area contributed by atoms with Gasteiger partial charge in [0.05, 0.1) is 4.92 Å². The van der Waals surface area contributed by atoms with E-state index < -0.39 is 33.7 Å². The number of nitro groups is 1. The molecule has 1 aromatic rings. The molecule has 1 amide bonds. The largest absolute Gasteiger partial charge is 0.337 e. The highest BCUT2D eigenvalue weighted by molar-refractivity contribution is 5.95. The van der Waals surface area contributed by atoms with Crippen molar-refractivity contribution in [1.29, 1.82) is 0 Å². The van der Waals surface area contributed by atoms with Crippen molar-refractivity contribution in [3.05, 3.63) is 39.4 Å². The molecule has 1 fully saturated rings. The summed E-state index contributed by atoms with van der Waals surface area (Å²) in [5.74, 6) is -3.36. The molecule has 1 heterocycles. The zero-order valence-electron chi connectivity index (χ0n) is 10.6. The van der Waals surface area contributed by atoms with Crippen LogP contribution in [0.1, 0.15) is 16.8 Å². The van der Waals surface area contributed by atoms with E-state index in [0.717, 1.165) is 6.07 Å². The number of benzene rings is 1. The molecule has 6 nitrogen and oxygen atoms in total. The molecule has 0 radical (unpaired) electrons. The van der Waals surface area contributed by atoms with Gasteiger partial charge in [0.2, 0.25) is 5.82 Å². The molecule has 2 rings (SSSR count). The van der Waals surface area contributed by atoms with E-state index in [9.17, 15) is 23.7 Å². The maximum absolute atomic E-state index is 13.9. The van der Waals surface area contributed by atoms with Crippen molar-refractivity contribution in [2.45, 2.75) is 6.42 Å². The third kappa shape index (κ3) is 2.74. The molecule has 108 valence electrons. The average molecular weight is 285 g/mol. The first kappa shape index (κ1) is 14.3. The highest BCUT2D eigenvalue weighted by Gasteiger charge is 2.29. The van der Waals surface area contributed by atoms with E-state index in [-0.39, 0.29) is 0 Å². The second kappa shape index (κ2) is 5.91. The third-order valence-electron chi connectivity index (χ3n) is 3.11. The maximum Gasteiger partial charge on any atom is 0.305 e. The van der Waals surface area contributed by atoms with Gasteiger partial charge < -0.3 is 10.2 Å². The molecule has 0 aliphatic carbocycles. The van der Waals surface area contributed by atoms with Crippen molar-refractivity contribution in [3.8, 4) is 0 Å². The minimum atomic E-state index is -1.42. The summed E-state index contributed by atoms with van der Waals surface area (Å²) in [7, 11) is 0. The number of carbonyl (C=O) groups excluding carboxylic acids is 1. The fourth-order valence-corrected chi connectivity index (χ4v) is 2.09. The fourth-order valence-electron chi connectivity index (χ4n) is 2.09. The van der Waals surface area contributed by atoms with Gasteiger partial charge in [-0.25, -0.2) is 4.39 Å². The van der Waals surface area contributed by atoms with Gasteiger partial charge in [-0.1, -0.05) is 0 Å². The van der Waals surface area contributed by atoms with E-state index in [1.165, 1.54) is 4.90 Å². The summed E-state index contributed by atoms with van der Waals surface area (Å²) in [5.41, 5.74) is -1.76. The second-order valence-electron chi connectivity index (χ2n) is 4.41. The standard InChI is InChI=1S/C12H13F2N3O3/c13-8-2-3-9(17(19)20)11(14)10(8)12(18)16-6-1-4-15-5-7-16/h2-3,15H,1,4-7H2. The van der Waals surface area contributed by atoms with Crippen LogP contribution >= 0.6 is 0 Å². The Morgan fingerprint density at radius 2 is 2.05 bits per heavy atom. The summed E-state index contributed by atoms with van der Waals surface area (Å²) >= 11 is 0. The summed E-state index contributed by atoms with van der Waals surface area (Å²) in [6.07, 6.45) is 0.657. The highest BCUT2D eigenvalue weighted by atomic mass is 19.1. The van der Waals surface area contributed by atoms with Crippen LogP contribution in [0.2, 0.25) is 0 Å². The van der Waals surface area contributed by atoms with E-state index in [1.54, 1.807) is 0 Å². The van der Waals surface area contributed by atoms with Crippen molar-refractivity contribution in [1.82, 2.24) is 10.2 Å². The lowest BCUT2D eigenvalue weighted by Gasteiger charge is -2.20. The lowest BCUT2D eigenvalue weighted by atomic mass is 10.1. The first-order valence-electron chi connectivity index (χ1n) is 6.14. The van der Waals surface area contributed by atoms with Crippen LogP contribution in [-0.2, 0) is 0 Å². The first-order chi connectivity index (χ1) is 9.52. The Balaban J connectivity index is 2.37. The number of nitrogens with one attached hydrogen (secondary N) is 1. The first-order valence-corrected chi connectivity index (χ1v) is 6.14. The summed E-state index contributed by atoms with van der Waals surface area (Å²) in [6, 6.07) is 1.45. The second-order valence-corrected chi connectivity index (χ2v) is 4.41. The predicted octanol–water partition coefficient (Wildman–Crippen LogP) is 1.31. The Labute approximate surface area is 113 Å². The van der Waals surface area contributed by atoms with E-state index in [4.69, 9.17) is 0 Å². The molecule has 0 aromatic heterocycles. The molecule has 0 saturated carbocycles. The van der Waals surface area contributed by atoms with Gasteiger partial charge in [0.15, 0.2) is 0 Å². The Kier molecular flexibility index (Phi) is 4.23. The topological polar surface area (TPSA) is 75.5 Å². The monoisotopic (exact) mass is 285 g/mol. The zero-order valence-corrected chi connectivity index (χ0v) is 10.6. The minimum absolute atomic E-state index is 0.306. The SMILES string of the molecule is O=C(c1c(F)ccc([N+](=O)[O-])c1F)N1CCCNCC1. The quantitative estimate of drug-likeness (QED) is 0.656. The summed E-state index contributed by atoms with van der Waals surface area (Å²) < 4.78 is 27.6. The number of hydrogen-bond donors (Lipinski definition) is 1. The molecular formula is C12H13F2N3O3. The van der Waals surface area contributed by atoms with Crippen molar-refractivity contribution >= 4 is 11.6 Å². The van der Waals surface area contributed by atoms with Crippen LogP contribution in [0, 0.1) is 21.7 Å². The van der Waals surface area contributed by atoms with Crippen LogP contribution < -0.4 is 5.32 Å². The van der Waals surface area contributed by atoms with Gasteiger partial charge in [-0.3, -0.25) is 14.9 Å². The number of halogens is 2. The van der Waals surface area contributed by atoms with Crippen molar-refractivity contribution in [3.63, 3.8) is 0 Å². The molecule has 1 saturated heterocycles. The Hall–Kier alpha value is -2.09. The van der Waals surface area contributed by atoms with E-state index >= 15 is 0 Å². The van der Waals surface area contributed by atoms with E-state index in [0.29, 0.717) is 38.7 Å². The van der Waals surface area contributed by atoms with Crippen molar-refractivity contribution in [2.75, 3.05) is 26.2 Å². The normalized spacial score (nSPS) is 15.8. The van der Waals surface area contributed by atoms with Gasteiger partial charge in [0.1, 0.15) is 11.4 Å². The van der Waals surface area contributed by atoms with Crippen molar-refractivity contribution < 1.29 is 18.5 Å². The molecule has 20 heavy (non-hydrogen) atoms. The molecular weight excluding hydrogens is 272 g/mol. The molecule has 8 heteroatoms. The molecule has 0 atom stereocenters. The predicted molar refractivity (Wildman–Crippen MR) is 66.4 cm³/mol. The van der Waals surface area contributed by atoms with Gasteiger partial charge in [0, 0.05) is 25.7 Å². The summed E-state index contributed by atoms with van der Waals surface area (Å²) in [5, 5.41) is 13.7. The Morgan fingerprint density at radius 1 is 1.30 bits per heavy atom. The molecule has 1 N–H and O–H groups in total. The van der Waals surface area contributed by atoms with E-state index in [2.05, 4.69) is 5.32 Å². The van der Waals surface area contributed by atoms with Crippen LogP contribution in [0.3, 0.4) is 0 Å². The number of nitrogens with zero attached hydrogens (tertiary/aromatic N) is 2. The van der Waals surface area contributed by atoms with Gasteiger partial charge in [-0.05, 0) is 19.0 Å². The number of hydrogen-bond acceptors (Lipinski definition) is 4. The smallest absolute Gasteiger partial charge is 0.305 e. The molecule has 1 aromatic carbocycles. The number of nitro benzene ring substituents is 1. The molecule has 1 aliphatic heterocycles. The van der Waals surface area contributed by atoms with Crippen LogP contribution in [0.25, 0.3) is 0 Å². The van der Waals surface area contributed by atoms with Crippen LogP contribution in [0.4, 0.5) is 14.5 Å². The van der Waals surface area contributed by atoms with Crippen LogP contribution in [0.15, 0.2) is 12.1 Å². The lowest BCUT2D eigenvalue weighted by Crippen LogP contribution is -2.35. The minimum Gasteiger partial charge on any atom is -0.337 e. The average Bonchev–Trinajstić information content (AvgIpc) is 2.66. The Morgan fingerprint density at radius 3 is 2.75 bits per heavy atom. The Bertz CT molecular complexity index is 543. The van der Waals surface area contributed by atoms with Crippen molar-refractivity contribution in [2.24, 2.45) is 0 Å². The fraction of sp³-hybridized carbons (Fsp3) is 0.417. The lowest BCUT2D eigenvalue weighted by molar-refractivity contribution is -0.387. The molecule has 1 aliphatic rings. The number of amides is 1. The zero-order chi connectivity index (χ0) is 14.7. The highest BCUT2D eigenvalue weighted by Crippen LogP contribution is 2.24. The maximum atomic E-state index is 13.9. The summed E-state index contributed by atoms with van der Waals surface area (Å²) in [6.45, 7) is 1.89. The van der Waals surface area contributed by atoms with Gasteiger partial charge in [0.25, 0.3) is 5.91 Å². The molecule has 0 spiro atoms. The molecule has 0 unspecified atom stereocenters. The van der Waals surface area contributed by atoms with Gasteiger partial charge in [-0.15, -0.1) is 0 Å². The summed E-state index contributed by atoms with van der Waals surface area (Å²) in [4.78, 5) is 23.1. The van der Waals surface area contributed by atoms with Gasteiger partial charge in [-0.2, -0.15) is 4.39 Å². The van der Waals surface area contributed by atoms with Gasteiger partial charge >= 0.3 is 5.69 Å². The van der Waals surface area contributed by atoms with Crippen LogP contribution in [-0.4, -0.2) is 41.9 Å². The van der Waals surface area contributed by atoms with E-state index in [1.807, 2.05) is 0 Å². The molecule has 0 bridgehead atoms. The van der Waals surface area contributed by atoms with Crippen LogP contribution in [0.5, 0.6) is 0 Å². The number of carbonyl (C=O) groups is 1. The third-order valence-corrected chi connectivity index (χ3v) is 3.11.